The van der Waals surface area contributed by atoms with Crippen LogP contribution >= 0.6 is 11.3 Å². The molecule has 64 heavy (non-hydrogen) atoms. The van der Waals surface area contributed by atoms with Crippen LogP contribution in [-0.4, -0.2) is 72.0 Å². The number of carbonyl (C=O) groups is 3. The summed E-state index contributed by atoms with van der Waals surface area (Å²) >= 11 is 1.55. The number of nitrogens with two attached hydrogens (primary N) is 1. The maximum Gasteiger partial charge on any atom is 0.416 e. The van der Waals surface area contributed by atoms with Gasteiger partial charge in [0.05, 0.1) is 40.9 Å². The number of ether oxygens (including phenoxy) is 1. The third kappa shape index (κ3) is 12.7. The monoisotopic (exact) mass is 928 g/mol. The number of nitrogens with one attached hydrogen (secondary N) is 3. The number of pyridine rings is 1. The number of allylic oxidation sites excluding steroid dienone is 2. The normalized spacial score (nSPS) is 18.8. The number of aryl methyl sites for hydroxylation is 1. The Morgan fingerprint density at radius 1 is 1.12 bits per heavy atom. The highest BCUT2D eigenvalue weighted by atomic mass is 32.2. The fraction of sp³-hybridized carbons (Fsp3) is 0.500. The third-order valence-corrected chi connectivity index (χ3v) is 14.8. The van der Waals surface area contributed by atoms with Gasteiger partial charge in [0.1, 0.15) is 16.8 Å². The smallest absolute Gasteiger partial charge is 0.416 e. The lowest BCUT2D eigenvalue weighted by molar-refractivity contribution is -0.137. The predicted molar refractivity (Wildman–Crippen MR) is 244 cm³/mol. The summed E-state index contributed by atoms with van der Waals surface area (Å²) in [5.74, 6) is 0.0672. The molecule has 5 N–H and O–H groups in total. The van der Waals surface area contributed by atoms with E-state index in [1.165, 1.54) is 36.3 Å². The van der Waals surface area contributed by atoms with Crippen LogP contribution < -0.4 is 25.9 Å². The number of likely N-dealkylation sites (tertiary alicyclic amines) is 1. The second kappa shape index (κ2) is 21.2. The van der Waals surface area contributed by atoms with Crippen molar-refractivity contribution >= 4 is 55.7 Å². The molecule has 3 fully saturated rings. The van der Waals surface area contributed by atoms with Crippen molar-refractivity contribution in [2.45, 2.75) is 115 Å². The number of rotatable bonds is 15. The summed E-state index contributed by atoms with van der Waals surface area (Å²) in [6, 6.07) is 9.04. The number of amides is 3. The fourth-order valence-corrected chi connectivity index (χ4v) is 9.41. The molecule has 2 aromatic carbocycles. The van der Waals surface area contributed by atoms with Gasteiger partial charge in [-0.1, -0.05) is 45.8 Å². The molecule has 3 atom stereocenters. The number of alkyl halides is 3. The number of H-pyrrole nitrogens is 1. The Balaban J connectivity index is 0.000000181. The Hall–Kier alpha value is -5.23. The van der Waals surface area contributed by atoms with Gasteiger partial charge in [0.15, 0.2) is 5.43 Å². The van der Waals surface area contributed by atoms with E-state index in [2.05, 4.69) is 52.9 Å². The summed E-state index contributed by atoms with van der Waals surface area (Å²) in [5, 5.41) is 6.30. The standard InChI is InChI=1S/C17H18N2O2S.C15H25NO3S.C14H16F3N3O2/c1-9(2)13-8-22-17(19-13)12-7-14(20)11-5-6-15(21-4)10(3)16(11)18-12;1-3-4-5-6-7-8-12-11-13(12)14(17)16-20(18,19)15(2)9-10-15;15-14(16,17)9-3-5-10(6-4-9)19-8-12(21)20-7-1-2-11(20)13(18)22/h5-9H,1-4H3,(H,18,20);7-8,12-13H,3-6,9-11H2,1-2H3,(H,16,17);3-6,11,19H,1-2,7-8H2,(H2,18,22)/b;8-7-;/t;12-,13+;11-/m.10/s1. The Kier molecular flexibility index (Phi) is 16.5. The molecule has 1 aliphatic heterocycles. The molecular formula is C46H59F3N6O7S2. The number of unbranched alkanes of at least 4 members (excludes halogenated alkanes) is 3. The van der Waals surface area contributed by atoms with E-state index in [1.54, 1.807) is 37.5 Å². The number of nitrogens with zero attached hydrogens (tertiary/aromatic N) is 2. The van der Waals surface area contributed by atoms with Crippen LogP contribution in [0.1, 0.15) is 108 Å². The second-order valence-corrected chi connectivity index (χ2v) is 20.1. The van der Waals surface area contributed by atoms with Crippen molar-refractivity contribution in [1.82, 2.24) is 19.6 Å². The molecular weight excluding hydrogens is 870 g/mol. The van der Waals surface area contributed by atoms with Gasteiger partial charge in [0.2, 0.25) is 27.7 Å². The number of sulfonamides is 1. The lowest BCUT2D eigenvalue weighted by Gasteiger charge is -2.22. The largest absolute Gasteiger partial charge is 0.496 e. The van der Waals surface area contributed by atoms with Gasteiger partial charge in [-0.05, 0) is 107 Å². The molecule has 2 aromatic heterocycles. The molecule has 348 valence electrons. The highest BCUT2D eigenvalue weighted by Gasteiger charge is 2.52. The summed E-state index contributed by atoms with van der Waals surface area (Å²) in [6.07, 6.45) is 7.83. The van der Waals surface area contributed by atoms with Gasteiger partial charge in [-0.3, -0.25) is 23.9 Å². The Bertz CT molecular complexity index is 2480. The molecule has 0 radical (unpaired) electrons. The van der Waals surface area contributed by atoms with Crippen LogP contribution in [0.2, 0.25) is 0 Å². The first-order chi connectivity index (χ1) is 30.2. The molecule has 7 rings (SSSR count). The second-order valence-electron chi connectivity index (χ2n) is 17.0. The van der Waals surface area contributed by atoms with Gasteiger partial charge in [0.25, 0.3) is 0 Å². The van der Waals surface area contributed by atoms with Crippen LogP contribution in [0.15, 0.2) is 64.8 Å². The van der Waals surface area contributed by atoms with Crippen LogP contribution in [-0.2, 0) is 30.6 Å². The minimum absolute atomic E-state index is 0.00389. The Labute approximate surface area is 376 Å². The quantitative estimate of drug-likeness (QED) is 0.0669. The van der Waals surface area contributed by atoms with E-state index in [-0.39, 0.29) is 35.6 Å². The van der Waals surface area contributed by atoms with E-state index < -0.39 is 38.5 Å². The van der Waals surface area contributed by atoms with Crippen LogP contribution in [0.4, 0.5) is 18.9 Å². The molecule has 4 aromatic rings. The molecule has 18 heteroatoms. The van der Waals surface area contributed by atoms with E-state index in [0.29, 0.717) is 49.2 Å². The molecule has 3 aliphatic rings. The molecule has 2 saturated carbocycles. The van der Waals surface area contributed by atoms with Crippen molar-refractivity contribution in [3.63, 3.8) is 0 Å². The zero-order chi connectivity index (χ0) is 47.0. The van der Waals surface area contributed by atoms with Gasteiger partial charge in [-0.2, -0.15) is 13.2 Å². The lowest BCUT2D eigenvalue weighted by atomic mass is 10.1. The number of primary amides is 1. The number of aromatic nitrogens is 2. The van der Waals surface area contributed by atoms with Crippen molar-refractivity contribution in [2.75, 3.05) is 25.5 Å². The molecule has 13 nitrogen and oxygen atoms in total. The van der Waals surface area contributed by atoms with Gasteiger partial charge in [-0.15, -0.1) is 11.3 Å². The zero-order valence-corrected chi connectivity index (χ0v) is 38.8. The first kappa shape index (κ1) is 49.8. The number of aromatic amines is 1. The molecule has 3 heterocycles. The van der Waals surface area contributed by atoms with E-state index in [1.807, 2.05) is 18.4 Å². The number of hydrogen-bond donors (Lipinski definition) is 4. The van der Waals surface area contributed by atoms with Gasteiger partial charge in [0, 0.05) is 40.5 Å². The van der Waals surface area contributed by atoms with E-state index in [0.717, 1.165) is 58.2 Å². The minimum Gasteiger partial charge on any atom is -0.496 e. The van der Waals surface area contributed by atoms with Crippen LogP contribution in [0, 0.1) is 18.8 Å². The Morgan fingerprint density at radius 3 is 2.42 bits per heavy atom. The third-order valence-electron chi connectivity index (χ3n) is 11.7. The number of hydrogen-bond acceptors (Lipinski definition) is 10. The molecule has 0 unspecified atom stereocenters. The SMILES string of the molecule is CCCCC/C=C\[C@@H]1C[C@@H]1C(=O)NS(=O)(=O)C1(C)CC1.COc1ccc2c(=O)cc(-c3nc(C(C)C)cs3)[nH]c2c1C.NC(=O)[C@@H]1CCCN1C(=O)CNc1ccc(C(F)(F)F)cc1. The maximum absolute atomic E-state index is 12.4. The number of halogens is 3. The summed E-state index contributed by atoms with van der Waals surface area (Å²) < 4.78 is 68.1. The molecule has 0 spiro atoms. The summed E-state index contributed by atoms with van der Waals surface area (Å²) in [6.45, 7) is 10.4. The number of methoxy groups -OCH3 is 1. The summed E-state index contributed by atoms with van der Waals surface area (Å²) in [4.78, 5) is 56.9. The topological polar surface area (TPSA) is 194 Å². The first-order valence-electron chi connectivity index (χ1n) is 21.6. The van der Waals surface area contributed by atoms with Crippen molar-refractivity contribution in [1.29, 1.82) is 0 Å². The van der Waals surface area contributed by atoms with E-state index >= 15 is 0 Å². The molecule has 2 aliphatic carbocycles. The average molecular weight is 929 g/mol. The van der Waals surface area contributed by atoms with Crippen molar-refractivity contribution < 1.29 is 40.7 Å². The fourth-order valence-electron chi connectivity index (χ4n) is 7.16. The van der Waals surface area contributed by atoms with Crippen molar-refractivity contribution in [2.24, 2.45) is 17.6 Å². The highest BCUT2D eigenvalue weighted by molar-refractivity contribution is 7.91. The van der Waals surface area contributed by atoms with E-state index in [4.69, 9.17) is 10.5 Å². The van der Waals surface area contributed by atoms with Crippen molar-refractivity contribution in [3.8, 4) is 16.5 Å². The first-order valence-corrected chi connectivity index (χ1v) is 23.9. The van der Waals surface area contributed by atoms with Crippen LogP contribution in [0.25, 0.3) is 21.6 Å². The predicted octanol–water partition coefficient (Wildman–Crippen LogP) is 8.44. The maximum atomic E-state index is 12.4. The molecule has 1 saturated heterocycles. The van der Waals surface area contributed by atoms with Gasteiger partial charge >= 0.3 is 6.18 Å². The van der Waals surface area contributed by atoms with Crippen LogP contribution in [0.5, 0.6) is 5.75 Å². The van der Waals surface area contributed by atoms with Crippen LogP contribution in [0.3, 0.4) is 0 Å². The molecule has 3 amide bonds. The van der Waals surface area contributed by atoms with Gasteiger partial charge in [-0.25, -0.2) is 13.4 Å². The lowest BCUT2D eigenvalue weighted by Crippen LogP contribution is -2.45. The number of thiazole rings is 1. The summed E-state index contributed by atoms with van der Waals surface area (Å²) in [5.41, 5.74) is 8.41. The highest BCUT2D eigenvalue weighted by Crippen LogP contribution is 2.44. The number of anilines is 1. The van der Waals surface area contributed by atoms with Crippen molar-refractivity contribution in [3.05, 3.63) is 87.0 Å². The average Bonchev–Trinajstić information content (AvgIpc) is 4.06. The van der Waals surface area contributed by atoms with Gasteiger partial charge < -0.3 is 25.7 Å². The number of benzene rings is 2. The molecule has 0 bridgehead atoms. The van der Waals surface area contributed by atoms with E-state index in [9.17, 15) is 40.8 Å². The Morgan fingerprint density at radius 2 is 1.83 bits per heavy atom. The summed E-state index contributed by atoms with van der Waals surface area (Å²) in [7, 11) is -1.84. The minimum atomic E-state index is -4.39. The number of fused-ring (bicyclic) bond motifs is 1. The number of carbonyl (C=O) groups excluding carboxylic acids is 3. The zero-order valence-electron chi connectivity index (χ0n) is 37.1.